The number of aryl methyl sites for hydroxylation is 1. The molecular formula is C21H28N6O2. The molecule has 2 aliphatic heterocycles. The molecule has 2 aliphatic rings. The Kier molecular flexibility index (Phi) is 5.89. The molecule has 29 heavy (non-hydrogen) atoms. The molecule has 2 fully saturated rings. The highest BCUT2D eigenvalue weighted by Gasteiger charge is 2.30. The highest BCUT2D eigenvalue weighted by molar-refractivity contribution is 5.94. The smallest absolute Gasteiger partial charge is 0.274 e. The maximum Gasteiger partial charge on any atom is 0.274 e. The van der Waals surface area contributed by atoms with Crippen molar-refractivity contribution in [2.75, 3.05) is 31.5 Å². The van der Waals surface area contributed by atoms with Gasteiger partial charge < -0.3 is 15.5 Å². The van der Waals surface area contributed by atoms with E-state index in [4.69, 9.17) is 0 Å². The zero-order valence-electron chi connectivity index (χ0n) is 16.8. The molecule has 0 radical (unpaired) electrons. The van der Waals surface area contributed by atoms with Gasteiger partial charge in [0.05, 0.1) is 12.0 Å². The van der Waals surface area contributed by atoms with E-state index < -0.39 is 0 Å². The first kappa shape index (κ1) is 19.6. The number of likely N-dealkylation sites (tertiary alicyclic amines) is 1. The maximum absolute atomic E-state index is 13.0. The summed E-state index contributed by atoms with van der Waals surface area (Å²) in [5.74, 6) is 0.125. The van der Waals surface area contributed by atoms with Gasteiger partial charge in [-0.25, -0.2) is 4.98 Å². The predicted octanol–water partition coefficient (Wildman–Crippen LogP) is 2.00. The van der Waals surface area contributed by atoms with Crippen LogP contribution in [0.25, 0.3) is 0 Å². The van der Waals surface area contributed by atoms with E-state index in [9.17, 15) is 9.59 Å². The van der Waals surface area contributed by atoms with Gasteiger partial charge in [0.15, 0.2) is 0 Å². The van der Waals surface area contributed by atoms with Crippen LogP contribution in [0.3, 0.4) is 0 Å². The van der Waals surface area contributed by atoms with E-state index in [0.29, 0.717) is 30.6 Å². The lowest BCUT2D eigenvalue weighted by Crippen LogP contribution is -2.44. The Hall–Kier alpha value is -2.74. The molecular weight excluding hydrogens is 368 g/mol. The summed E-state index contributed by atoms with van der Waals surface area (Å²) in [6, 6.07) is 5.80. The first-order chi connectivity index (χ1) is 14.1. The summed E-state index contributed by atoms with van der Waals surface area (Å²) in [5, 5.41) is 10.8. The Bertz CT molecular complexity index is 856. The third kappa shape index (κ3) is 4.64. The topological polar surface area (TPSA) is 92.2 Å². The number of amides is 2. The second-order valence-electron chi connectivity index (χ2n) is 7.98. The molecule has 154 valence electrons. The Morgan fingerprint density at radius 1 is 1.21 bits per heavy atom. The summed E-state index contributed by atoms with van der Waals surface area (Å²) in [4.78, 5) is 31.6. The van der Waals surface area contributed by atoms with Gasteiger partial charge in [-0.1, -0.05) is 6.07 Å². The number of carbonyl (C=O) groups is 2. The van der Waals surface area contributed by atoms with Crippen LogP contribution in [0.4, 0.5) is 5.82 Å². The van der Waals surface area contributed by atoms with E-state index in [1.165, 1.54) is 0 Å². The van der Waals surface area contributed by atoms with Gasteiger partial charge in [-0.2, -0.15) is 5.10 Å². The number of pyridine rings is 1. The molecule has 0 spiro atoms. The van der Waals surface area contributed by atoms with Crippen LogP contribution in [0.15, 0.2) is 30.6 Å². The van der Waals surface area contributed by atoms with Crippen molar-refractivity contribution in [2.24, 2.45) is 5.92 Å². The summed E-state index contributed by atoms with van der Waals surface area (Å²) < 4.78 is 1.90. The lowest BCUT2D eigenvalue weighted by molar-refractivity contribution is -0.121. The molecule has 2 aromatic rings. The summed E-state index contributed by atoms with van der Waals surface area (Å²) >= 11 is 0. The summed E-state index contributed by atoms with van der Waals surface area (Å²) in [6.07, 6.45) is 7.38. The van der Waals surface area contributed by atoms with Crippen molar-refractivity contribution in [3.8, 4) is 0 Å². The molecule has 4 heterocycles. The van der Waals surface area contributed by atoms with Crippen molar-refractivity contribution in [1.82, 2.24) is 25.0 Å². The maximum atomic E-state index is 13.0. The molecule has 0 bridgehead atoms. The first-order valence-corrected chi connectivity index (χ1v) is 10.4. The zero-order valence-corrected chi connectivity index (χ0v) is 16.8. The first-order valence-electron chi connectivity index (χ1n) is 10.4. The van der Waals surface area contributed by atoms with E-state index in [1.54, 1.807) is 23.2 Å². The number of piperidine rings is 2. The molecule has 2 amide bonds. The van der Waals surface area contributed by atoms with Crippen LogP contribution >= 0.6 is 0 Å². The fourth-order valence-corrected chi connectivity index (χ4v) is 4.02. The minimum Gasteiger partial charge on any atom is -0.336 e. The number of nitrogens with one attached hydrogen (secondary N) is 2. The van der Waals surface area contributed by atoms with Crippen LogP contribution in [0.5, 0.6) is 0 Å². The van der Waals surface area contributed by atoms with Crippen molar-refractivity contribution in [3.63, 3.8) is 0 Å². The second kappa shape index (κ2) is 8.73. The predicted molar refractivity (Wildman–Crippen MR) is 110 cm³/mol. The van der Waals surface area contributed by atoms with Gasteiger partial charge in [-0.15, -0.1) is 0 Å². The average molecular weight is 396 g/mol. The molecule has 0 aliphatic carbocycles. The SMILES string of the molecule is Cc1ccc(NC(=O)C2CCCN(C(=O)c3ccn(C4CCCNC4)n3)C2)nc1. The molecule has 2 atom stereocenters. The van der Waals surface area contributed by atoms with Gasteiger partial charge >= 0.3 is 0 Å². The molecule has 4 rings (SSSR count). The van der Waals surface area contributed by atoms with Crippen LogP contribution in [-0.4, -0.2) is 57.7 Å². The average Bonchev–Trinajstić information content (AvgIpc) is 3.26. The lowest BCUT2D eigenvalue weighted by atomic mass is 9.97. The normalized spacial score (nSPS) is 22.3. The number of aromatic nitrogens is 3. The molecule has 2 N–H and O–H groups in total. The summed E-state index contributed by atoms with van der Waals surface area (Å²) in [5.41, 5.74) is 1.50. The van der Waals surface area contributed by atoms with E-state index in [2.05, 4.69) is 20.7 Å². The van der Waals surface area contributed by atoms with Crippen LogP contribution in [0.2, 0.25) is 0 Å². The Balaban J connectivity index is 1.37. The molecule has 2 aromatic heterocycles. The standard InChI is InChI=1S/C21H28N6O2/c1-15-6-7-19(23-12-15)24-20(28)16-4-3-10-26(14-16)21(29)18-8-11-27(25-18)17-5-2-9-22-13-17/h6-8,11-12,16-17,22H,2-5,9-10,13-14H2,1H3,(H,23,24,28). The largest absolute Gasteiger partial charge is 0.336 e. The quantitative estimate of drug-likeness (QED) is 0.825. The molecule has 8 nitrogen and oxygen atoms in total. The fourth-order valence-electron chi connectivity index (χ4n) is 4.02. The van der Waals surface area contributed by atoms with Crippen LogP contribution < -0.4 is 10.6 Å². The van der Waals surface area contributed by atoms with Crippen LogP contribution in [0, 0.1) is 12.8 Å². The molecule has 2 unspecified atom stereocenters. The highest BCUT2D eigenvalue weighted by atomic mass is 16.2. The third-order valence-electron chi connectivity index (χ3n) is 5.71. The van der Waals surface area contributed by atoms with Crippen molar-refractivity contribution in [2.45, 2.75) is 38.6 Å². The number of rotatable bonds is 4. The van der Waals surface area contributed by atoms with E-state index in [-0.39, 0.29) is 17.7 Å². The minimum absolute atomic E-state index is 0.0855. The highest BCUT2D eigenvalue weighted by Crippen LogP contribution is 2.21. The van der Waals surface area contributed by atoms with Crippen molar-refractivity contribution in [3.05, 3.63) is 41.9 Å². The van der Waals surface area contributed by atoms with Crippen molar-refractivity contribution in [1.29, 1.82) is 0 Å². The number of nitrogens with zero attached hydrogens (tertiary/aromatic N) is 4. The lowest BCUT2D eigenvalue weighted by Gasteiger charge is -2.31. The van der Waals surface area contributed by atoms with Gasteiger partial charge in [-0.3, -0.25) is 14.3 Å². The Labute approximate surface area is 170 Å². The fraction of sp³-hybridized carbons (Fsp3) is 0.524. The van der Waals surface area contributed by atoms with E-state index in [1.807, 2.05) is 23.9 Å². The Morgan fingerprint density at radius 3 is 2.86 bits per heavy atom. The van der Waals surface area contributed by atoms with Crippen molar-refractivity contribution < 1.29 is 9.59 Å². The third-order valence-corrected chi connectivity index (χ3v) is 5.71. The van der Waals surface area contributed by atoms with Gasteiger partial charge in [-0.05, 0) is 56.8 Å². The van der Waals surface area contributed by atoms with Crippen LogP contribution in [-0.2, 0) is 4.79 Å². The van der Waals surface area contributed by atoms with Gasteiger partial charge in [0.2, 0.25) is 5.91 Å². The molecule has 0 saturated carbocycles. The molecule has 8 heteroatoms. The van der Waals surface area contributed by atoms with Gasteiger partial charge in [0.1, 0.15) is 11.5 Å². The summed E-state index contributed by atoms with van der Waals surface area (Å²) in [6.45, 7) is 4.94. The second-order valence-corrected chi connectivity index (χ2v) is 7.98. The number of carbonyl (C=O) groups excluding carboxylic acids is 2. The Morgan fingerprint density at radius 2 is 2.10 bits per heavy atom. The van der Waals surface area contributed by atoms with E-state index >= 15 is 0 Å². The molecule has 0 aromatic carbocycles. The molecule has 2 saturated heterocycles. The van der Waals surface area contributed by atoms with Gasteiger partial charge in [0, 0.05) is 32.0 Å². The number of anilines is 1. The minimum atomic E-state index is -0.236. The summed E-state index contributed by atoms with van der Waals surface area (Å²) in [7, 11) is 0. The van der Waals surface area contributed by atoms with Crippen LogP contribution in [0.1, 0.15) is 47.8 Å². The number of hydrogen-bond donors (Lipinski definition) is 2. The van der Waals surface area contributed by atoms with Crippen molar-refractivity contribution >= 4 is 17.6 Å². The van der Waals surface area contributed by atoms with E-state index in [0.717, 1.165) is 44.3 Å². The number of hydrogen-bond acceptors (Lipinski definition) is 5. The zero-order chi connectivity index (χ0) is 20.2. The van der Waals surface area contributed by atoms with Gasteiger partial charge in [0.25, 0.3) is 5.91 Å². The monoisotopic (exact) mass is 396 g/mol.